The Hall–Kier alpha value is -4.57. The minimum Gasteiger partial charge on any atom is -0.469 e. The highest BCUT2D eigenvalue weighted by Gasteiger charge is 2.55. The van der Waals surface area contributed by atoms with Crippen molar-refractivity contribution in [2.75, 3.05) is 20.3 Å². The molecule has 4 aromatic carbocycles. The van der Waals surface area contributed by atoms with Crippen LogP contribution in [0.15, 0.2) is 121 Å². The third-order valence-corrected chi connectivity index (χ3v) is 14.3. The average Bonchev–Trinajstić information content (AvgIpc) is 3.44. The summed E-state index contributed by atoms with van der Waals surface area (Å²) in [5.41, 5.74) is 1.38. The number of methoxy groups -OCH3 is 1. The Bertz CT molecular complexity index is 2360. The zero-order chi connectivity index (χ0) is 54.6. The zero-order valence-electron chi connectivity index (χ0n) is 43.9. The summed E-state index contributed by atoms with van der Waals surface area (Å²) in [5.74, 6) is -1.07. The molecule has 0 aliphatic carbocycles. The highest BCUT2D eigenvalue weighted by Crippen LogP contribution is 2.39. The fraction of sp³-hybridized carbons (Fsp3) is 0.534. The number of carbonyl (C=O) groups excluding carboxylic acids is 3. The van der Waals surface area contributed by atoms with Gasteiger partial charge in [0.05, 0.1) is 33.0 Å². The van der Waals surface area contributed by atoms with Crippen molar-refractivity contribution in [3.05, 3.63) is 144 Å². The van der Waals surface area contributed by atoms with Crippen molar-refractivity contribution in [2.45, 2.75) is 176 Å². The van der Waals surface area contributed by atoms with Crippen molar-refractivity contribution in [3.63, 3.8) is 0 Å². The number of hydrogen-bond acceptors (Lipinski definition) is 15. The third kappa shape index (κ3) is 18.2. The monoisotopic (exact) mass is 1110 g/mol. The van der Waals surface area contributed by atoms with Gasteiger partial charge in [-0.1, -0.05) is 158 Å². The van der Waals surface area contributed by atoms with E-state index in [4.69, 9.17) is 70.6 Å². The molecule has 7 rings (SSSR count). The normalized spacial score (nSPS) is 28.8. The molecule has 14 atom stereocenters. The van der Waals surface area contributed by atoms with E-state index in [9.17, 15) is 24.6 Å². The molecule has 2 amide bonds. The SMILES string of the molecule is COC(=O)CCCCCCCCO[C@@H]1O[C@H](CNC(=O)c2ccccc2)[C@@H](O[C@H]2CC[C@](O)(Cl)[C@@H](C(O)Cl)O2)[C@H](OC2O[C@@H](C)[C@@H](OCc3ccccc3)[C@@H](OCc3ccccc3)[C@@H]2OCc2ccccc2)[C@H]1NC(C)=O. The van der Waals surface area contributed by atoms with Crippen LogP contribution in [0.5, 0.6) is 0 Å². The fourth-order valence-corrected chi connectivity index (χ4v) is 10.3. The predicted octanol–water partition coefficient (Wildman–Crippen LogP) is 7.83. The number of ether oxygens (including phenoxy) is 10. The zero-order valence-corrected chi connectivity index (χ0v) is 45.4. The van der Waals surface area contributed by atoms with E-state index in [-0.39, 0.29) is 51.8 Å². The van der Waals surface area contributed by atoms with Gasteiger partial charge in [0.25, 0.3) is 5.91 Å². The van der Waals surface area contributed by atoms with Crippen molar-refractivity contribution < 1.29 is 72.0 Å². The smallest absolute Gasteiger partial charge is 0.305 e. The van der Waals surface area contributed by atoms with E-state index < -0.39 is 96.2 Å². The maximum absolute atomic E-state index is 13.8. The van der Waals surface area contributed by atoms with Crippen LogP contribution in [0.25, 0.3) is 0 Å². The molecular formula is C58H74Cl2N2O15. The minimum atomic E-state index is -2.03. The molecular weight excluding hydrogens is 1040 g/mol. The molecule has 3 aliphatic rings. The van der Waals surface area contributed by atoms with Crippen molar-refractivity contribution in [2.24, 2.45) is 0 Å². The summed E-state index contributed by atoms with van der Waals surface area (Å²) >= 11 is 12.6. The van der Waals surface area contributed by atoms with Crippen LogP contribution >= 0.6 is 23.2 Å². The molecule has 3 fully saturated rings. The lowest BCUT2D eigenvalue weighted by molar-refractivity contribution is -0.367. The summed E-state index contributed by atoms with van der Waals surface area (Å²) in [7, 11) is 1.38. The Labute approximate surface area is 461 Å². The lowest BCUT2D eigenvalue weighted by Gasteiger charge is -2.51. The Morgan fingerprint density at radius 2 is 1.22 bits per heavy atom. The van der Waals surface area contributed by atoms with Crippen LogP contribution in [0.1, 0.15) is 98.7 Å². The lowest BCUT2D eigenvalue weighted by Crippen LogP contribution is -2.69. The summed E-state index contributed by atoms with van der Waals surface area (Å²) in [6.07, 6.45) is -6.70. The van der Waals surface area contributed by atoms with Gasteiger partial charge in [0.1, 0.15) is 48.8 Å². The number of rotatable bonds is 28. The number of hydrogen-bond donors (Lipinski definition) is 4. The number of alkyl halides is 2. The van der Waals surface area contributed by atoms with E-state index in [0.29, 0.717) is 18.4 Å². The van der Waals surface area contributed by atoms with Gasteiger partial charge in [0.2, 0.25) is 5.91 Å². The van der Waals surface area contributed by atoms with E-state index in [0.717, 1.165) is 48.8 Å². The number of halogens is 2. The maximum Gasteiger partial charge on any atom is 0.305 e. The topological polar surface area (TPSA) is 208 Å². The number of esters is 1. The van der Waals surface area contributed by atoms with Crippen molar-refractivity contribution in [1.29, 1.82) is 0 Å². The number of aliphatic hydroxyl groups is 2. The first kappa shape index (κ1) is 60.1. The number of amides is 2. The molecule has 3 heterocycles. The summed E-state index contributed by atoms with van der Waals surface area (Å²) in [5, 5.41) is 25.6. The first-order valence-electron chi connectivity index (χ1n) is 26.6. The molecule has 3 aliphatic heterocycles. The van der Waals surface area contributed by atoms with Gasteiger partial charge in [-0.3, -0.25) is 14.4 Å². The lowest BCUT2D eigenvalue weighted by atomic mass is 9.94. The summed E-state index contributed by atoms with van der Waals surface area (Å²) < 4.78 is 65.9. The van der Waals surface area contributed by atoms with Gasteiger partial charge in [-0.25, -0.2) is 0 Å². The van der Waals surface area contributed by atoms with Crippen molar-refractivity contribution >= 4 is 41.0 Å². The van der Waals surface area contributed by atoms with Gasteiger partial charge in [-0.2, -0.15) is 0 Å². The predicted molar refractivity (Wildman–Crippen MR) is 285 cm³/mol. The minimum absolute atomic E-state index is 0.0233. The Morgan fingerprint density at radius 1 is 0.675 bits per heavy atom. The van der Waals surface area contributed by atoms with Gasteiger partial charge < -0.3 is 68.2 Å². The first-order chi connectivity index (χ1) is 37.3. The van der Waals surface area contributed by atoms with Gasteiger partial charge >= 0.3 is 5.97 Å². The Kier molecular flexibility index (Phi) is 24.0. The number of nitrogens with one attached hydrogen (secondary N) is 2. The number of aliphatic hydroxyl groups excluding tert-OH is 1. The van der Waals surface area contributed by atoms with Gasteiger partial charge in [0.15, 0.2) is 29.5 Å². The molecule has 0 aromatic heterocycles. The van der Waals surface area contributed by atoms with Gasteiger partial charge in [-0.15, -0.1) is 0 Å². The second-order valence-corrected chi connectivity index (χ2v) is 20.7. The Balaban J connectivity index is 1.25. The molecule has 2 unspecified atom stereocenters. The average molecular weight is 1110 g/mol. The van der Waals surface area contributed by atoms with Gasteiger partial charge in [-0.05, 0) is 55.0 Å². The van der Waals surface area contributed by atoms with Crippen LogP contribution < -0.4 is 10.6 Å². The van der Waals surface area contributed by atoms with Crippen LogP contribution in [0.3, 0.4) is 0 Å². The molecule has 0 spiro atoms. The molecule has 17 nitrogen and oxygen atoms in total. The molecule has 4 aromatic rings. The van der Waals surface area contributed by atoms with Crippen molar-refractivity contribution in [3.8, 4) is 0 Å². The molecule has 0 saturated carbocycles. The second kappa shape index (κ2) is 30.7. The quantitative estimate of drug-likeness (QED) is 0.0243. The van der Waals surface area contributed by atoms with Crippen LogP contribution in [0, 0.1) is 0 Å². The van der Waals surface area contributed by atoms with E-state index >= 15 is 0 Å². The van der Waals surface area contributed by atoms with Crippen LogP contribution in [-0.2, 0) is 76.8 Å². The van der Waals surface area contributed by atoms with E-state index in [1.165, 1.54) is 14.0 Å². The van der Waals surface area contributed by atoms with Gasteiger partial charge in [0, 0.05) is 38.5 Å². The molecule has 420 valence electrons. The molecule has 0 radical (unpaired) electrons. The summed E-state index contributed by atoms with van der Waals surface area (Å²) in [6.45, 7) is 3.84. The molecule has 77 heavy (non-hydrogen) atoms. The highest BCUT2D eigenvalue weighted by atomic mass is 35.5. The van der Waals surface area contributed by atoms with Crippen molar-refractivity contribution in [1.82, 2.24) is 10.6 Å². The summed E-state index contributed by atoms with van der Waals surface area (Å²) in [6, 6.07) is 36.7. The second-order valence-electron chi connectivity index (χ2n) is 19.6. The third-order valence-electron chi connectivity index (χ3n) is 13.7. The molecule has 3 saturated heterocycles. The van der Waals surface area contributed by atoms with Crippen LogP contribution in [0.2, 0.25) is 0 Å². The number of carbonyl (C=O) groups is 3. The maximum atomic E-state index is 13.8. The van der Waals surface area contributed by atoms with E-state index in [2.05, 4.69) is 10.6 Å². The molecule has 4 N–H and O–H groups in total. The van der Waals surface area contributed by atoms with E-state index in [1.807, 2.05) is 97.9 Å². The van der Waals surface area contributed by atoms with E-state index in [1.54, 1.807) is 30.3 Å². The fourth-order valence-electron chi connectivity index (χ4n) is 9.67. The Morgan fingerprint density at radius 3 is 1.79 bits per heavy atom. The highest BCUT2D eigenvalue weighted by molar-refractivity contribution is 6.25. The van der Waals surface area contributed by atoms with Crippen LogP contribution in [0.4, 0.5) is 0 Å². The molecule has 19 heteroatoms. The summed E-state index contributed by atoms with van der Waals surface area (Å²) in [4.78, 5) is 38.9. The number of unbranched alkanes of at least 4 members (excludes halogenated alkanes) is 5. The number of benzene rings is 4. The van der Waals surface area contributed by atoms with Crippen LogP contribution in [-0.4, -0.2) is 133 Å². The molecule has 0 bridgehead atoms. The largest absolute Gasteiger partial charge is 0.469 e. The first-order valence-corrected chi connectivity index (χ1v) is 27.4. The standard InChI is InChI=1S/C58H74Cl2N2O15/c1-38-48(70-35-40-22-12-8-13-23-40)51(71-36-41-24-14-9-15-25-41)52(72-37-42-26-16-10-17-27-42)57(73-38)77-50-47(62-39(2)63)56(69-33-21-7-5-4-6-20-30-45(64)68-3)74-44(34-61-55(66)43-28-18-11-19-29-43)49(50)75-46-31-32-58(60,67)53(76-46)54(59)65/h8-19,22-29,38,44,46-54,56-57,65,67H,4-7,20-21,30-37H2,1-3H3,(H,61,66)(H,62,63)/t38-,44+,46+,47+,48+,49+,50+,51+,52-,53+,54?,56+,57?,58+/m0/s1.